The van der Waals surface area contributed by atoms with Crippen LogP contribution >= 0.6 is 0 Å². The van der Waals surface area contributed by atoms with E-state index >= 15 is 4.39 Å². The van der Waals surface area contributed by atoms with Crippen LogP contribution < -0.4 is 31.6 Å². The first-order valence-corrected chi connectivity index (χ1v) is 17.6. The van der Waals surface area contributed by atoms with Gasteiger partial charge in [0, 0.05) is 49.9 Å². The van der Waals surface area contributed by atoms with Crippen LogP contribution in [0.25, 0.3) is 22.6 Å². The summed E-state index contributed by atoms with van der Waals surface area (Å²) in [4.78, 5) is 42.4. The minimum Gasteiger partial charge on any atom is -0.497 e. The van der Waals surface area contributed by atoms with E-state index in [2.05, 4.69) is 10.6 Å². The Labute approximate surface area is 308 Å². The number of hydrogen-bond donors (Lipinski definition) is 3. The third-order valence-corrected chi connectivity index (χ3v) is 8.97. The number of nitrogens with two attached hydrogens (primary N) is 1. The molecule has 1 atom stereocenters. The smallest absolute Gasteiger partial charge is 0.420 e. The summed E-state index contributed by atoms with van der Waals surface area (Å²) in [5.74, 6) is -0.715. The fraction of sp³-hybridized carbons (Fsp3) is 0.436. The summed E-state index contributed by atoms with van der Waals surface area (Å²) in [7, 11) is 3.20. The zero-order valence-electron chi connectivity index (χ0n) is 31.0. The monoisotopic (exact) mass is 733 g/mol. The number of hydrogen-bond acceptors (Lipinski definition) is 11. The fourth-order valence-corrected chi connectivity index (χ4v) is 6.18. The number of aryl methyl sites for hydroxylation is 1. The number of pyridine rings is 1. The van der Waals surface area contributed by atoms with Gasteiger partial charge in [-0.15, -0.1) is 0 Å². The molecule has 1 amide bonds. The molecule has 0 radical (unpaired) electrons. The highest BCUT2D eigenvalue weighted by atomic mass is 19.1. The number of ether oxygens (including phenoxy) is 4. The Morgan fingerprint density at radius 2 is 1.83 bits per heavy atom. The maximum absolute atomic E-state index is 15.8. The van der Waals surface area contributed by atoms with Gasteiger partial charge in [0.2, 0.25) is 5.91 Å². The number of primary amides is 1. The molecular formula is C39H48FN5O8. The average molecular weight is 734 g/mol. The van der Waals surface area contributed by atoms with Crippen LogP contribution in [0.4, 0.5) is 15.9 Å². The first-order valence-electron chi connectivity index (χ1n) is 17.6. The molecule has 1 unspecified atom stereocenters. The van der Waals surface area contributed by atoms with Crippen molar-refractivity contribution in [2.75, 3.05) is 44.6 Å². The molecule has 13 nitrogen and oxygen atoms in total. The molecule has 0 spiro atoms. The summed E-state index contributed by atoms with van der Waals surface area (Å²) >= 11 is 0. The number of carbonyl (C=O) groups excluding carboxylic acids is 2. The molecule has 2 aromatic heterocycles. The number of rotatable bonds is 15. The molecule has 3 heterocycles. The molecule has 2 aromatic carbocycles. The second-order valence-corrected chi connectivity index (χ2v) is 14.0. The molecule has 1 aliphatic heterocycles. The van der Waals surface area contributed by atoms with Crippen LogP contribution in [0, 0.1) is 18.7 Å². The lowest BCUT2D eigenvalue weighted by molar-refractivity contribution is -0.155. The SMILES string of the molecule is COc1ccc(CNc2nc(-c3ccc(-c4cn(C(CCC(=O)OC(C)(C)C)C(N)=O)c(=O)o4)c(F)c3)cc(C)c2NCC2CCOCC2)c(OC)c1. The molecule has 1 aliphatic rings. The minimum atomic E-state index is -1.20. The second kappa shape index (κ2) is 17.0. The van der Waals surface area contributed by atoms with Crippen molar-refractivity contribution >= 4 is 23.4 Å². The van der Waals surface area contributed by atoms with Crippen molar-refractivity contribution in [1.82, 2.24) is 9.55 Å². The van der Waals surface area contributed by atoms with E-state index in [1.807, 2.05) is 31.2 Å². The molecule has 1 fully saturated rings. The number of oxazole rings is 1. The van der Waals surface area contributed by atoms with E-state index in [9.17, 15) is 14.4 Å². The molecule has 0 bridgehead atoms. The number of halogens is 1. The largest absolute Gasteiger partial charge is 0.497 e. The highest BCUT2D eigenvalue weighted by Crippen LogP contribution is 2.34. The van der Waals surface area contributed by atoms with Crippen LogP contribution in [0.3, 0.4) is 0 Å². The van der Waals surface area contributed by atoms with Gasteiger partial charge in [0.1, 0.15) is 29.0 Å². The van der Waals surface area contributed by atoms with E-state index in [-0.39, 0.29) is 24.2 Å². The van der Waals surface area contributed by atoms with Crippen LogP contribution in [-0.2, 0) is 25.6 Å². The molecular weight excluding hydrogens is 685 g/mol. The number of aromatic nitrogens is 2. The summed E-state index contributed by atoms with van der Waals surface area (Å²) in [6.45, 7) is 9.75. The van der Waals surface area contributed by atoms with E-state index in [1.165, 1.54) is 18.3 Å². The van der Waals surface area contributed by atoms with Crippen molar-refractivity contribution in [3.63, 3.8) is 0 Å². The number of esters is 1. The summed E-state index contributed by atoms with van der Waals surface area (Å²) in [6.07, 6.45) is 2.89. The van der Waals surface area contributed by atoms with Gasteiger partial charge in [0.15, 0.2) is 11.6 Å². The van der Waals surface area contributed by atoms with Gasteiger partial charge < -0.3 is 39.7 Å². The van der Waals surface area contributed by atoms with E-state index in [1.54, 1.807) is 41.1 Å². The Hall–Kier alpha value is -5.37. The third kappa shape index (κ3) is 9.95. The molecule has 0 saturated carbocycles. The first kappa shape index (κ1) is 38.9. The quantitative estimate of drug-likeness (QED) is 0.118. The van der Waals surface area contributed by atoms with Crippen molar-refractivity contribution in [3.05, 3.63) is 76.2 Å². The van der Waals surface area contributed by atoms with Gasteiger partial charge in [-0.25, -0.2) is 14.2 Å². The molecule has 53 heavy (non-hydrogen) atoms. The van der Waals surface area contributed by atoms with Gasteiger partial charge in [-0.1, -0.05) is 6.07 Å². The Balaban J connectivity index is 1.41. The number of benzene rings is 2. The topological polar surface area (TPSA) is 169 Å². The van der Waals surface area contributed by atoms with Crippen LogP contribution in [-0.4, -0.2) is 61.0 Å². The van der Waals surface area contributed by atoms with E-state index < -0.39 is 35.1 Å². The highest BCUT2D eigenvalue weighted by molar-refractivity contribution is 5.80. The van der Waals surface area contributed by atoms with Crippen molar-refractivity contribution in [2.45, 2.75) is 71.6 Å². The van der Waals surface area contributed by atoms with Gasteiger partial charge in [-0.05, 0) is 88.8 Å². The highest BCUT2D eigenvalue weighted by Gasteiger charge is 2.26. The van der Waals surface area contributed by atoms with E-state index in [0.717, 1.165) is 54.0 Å². The van der Waals surface area contributed by atoms with E-state index in [4.69, 9.17) is 34.1 Å². The van der Waals surface area contributed by atoms with Gasteiger partial charge in [-0.2, -0.15) is 0 Å². The van der Waals surface area contributed by atoms with Crippen LogP contribution in [0.1, 0.15) is 63.6 Å². The number of amides is 1. The molecule has 4 N–H and O–H groups in total. The minimum absolute atomic E-state index is 0.00335. The van der Waals surface area contributed by atoms with Crippen molar-refractivity contribution in [1.29, 1.82) is 0 Å². The van der Waals surface area contributed by atoms with Crippen LogP contribution in [0.15, 0.2) is 57.9 Å². The Kier molecular flexibility index (Phi) is 12.4. The maximum Gasteiger partial charge on any atom is 0.420 e. The van der Waals surface area contributed by atoms with Crippen molar-refractivity contribution in [2.24, 2.45) is 11.7 Å². The Bertz CT molecular complexity index is 1980. The molecule has 14 heteroatoms. The van der Waals surface area contributed by atoms with Crippen molar-refractivity contribution < 1.29 is 37.3 Å². The summed E-state index contributed by atoms with van der Waals surface area (Å²) in [5.41, 5.74) is 8.50. The summed E-state index contributed by atoms with van der Waals surface area (Å²) in [6, 6.07) is 10.8. The number of anilines is 2. The predicted octanol–water partition coefficient (Wildman–Crippen LogP) is 6.23. The molecule has 1 saturated heterocycles. The number of carbonyl (C=O) groups is 2. The molecule has 4 aromatic rings. The lowest BCUT2D eigenvalue weighted by Gasteiger charge is -2.24. The summed E-state index contributed by atoms with van der Waals surface area (Å²) < 4.78 is 44.0. The lowest BCUT2D eigenvalue weighted by Crippen LogP contribution is -2.32. The Morgan fingerprint density at radius 1 is 1.08 bits per heavy atom. The van der Waals surface area contributed by atoms with Crippen molar-refractivity contribution in [3.8, 4) is 34.1 Å². The number of nitrogens with one attached hydrogen (secondary N) is 2. The average Bonchev–Trinajstić information content (AvgIpc) is 3.49. The Morgan fingerprint density at radius 3 is 2.49 bits per heavy atom. The lowest BCUT2D eigenvalue weighted by atomic mass is 10.00. The first-order chi connectivity index (χ1) is 25.3. The van der Waals surface area contributed by atoms with Gasteiger partial charge in [0.25, 0.3) is 0 Å². The summed E-state index contributed by atoms with van der Waals surface area (Å²) in [5, 5.41) is 7.05. The van der Waals surface area contributed by atoms with Gasteiger partial charge in [0.05, 0.1) is 37.4 Å². The molecule has 284 valence electrons. The fourth-order valence-electron chi connectivity index (χ4n) is 6.18. The normalized spacial score (nSPS) is 14.0. The zero-order chi connectivity index (χ0) is 38.3. The number of methoxy groups -OCH3 is 2. The maximum atomic E-state index is 15.8. The van der Waals surface area contributed by atoms with E-state index in [0.29, 0.717) is 41.0 Å². The zero-order valence-corrected chi connectivity index (χ0v) is 31.0. The molecule has 0 aliphatic carbocycles. The third-order valence-electron chi connectivity index (χ3n) is 8.97. The molecule has 5 rings (SSSR count). The number of nitrogens with zero attached hydrogens (tertiary/aromatic N) is 2. The predicted molar refractivity (Wildman–Crippen MR) is 199 cm³/mol. The standard InChI is InChI=1S/C39H48FN5O8/c1-23-17-30(44-37(35(23)42-20-24-13-15-51-16-14-24)43-21-26-7-9-27(49-5)19-32(26)50-6)25-8-10-28(29(40)18-25)33-22-45(38(48)52-33)31(36(41)47)11-12-34(46)53-39(2,3)4/h7-10,17-19,22,24,31,42H,11-16,20-21H2,1-6H3,(H2,41,47)(H,43,44). The van der Waals surface area contributed by atoms with Crippen LogP contribution in [0.2, 0.25) is 0 Å². The van der Waals surface area contributed by atoms with Gasteiger partial charge in [-0.3, -0.25) is 14.2 Å². The van der Waals surface area contributed by atoms with Gasteiger partial charge >= 0.3 is 11.7 Å². The van der Waals surface area contributed by atoms with Crippen LogP contribution in [0.5, 0.6) is 11.5 Å². The second-order valence-electron chi connectivity index (χ2n) is 14.0.